The lowest BCUT2D eigenvalue weighted by Gasteiger charge is -2.13. The Hall–Kier alpha value is -0.260. The van der Waals surface area contributed by atoms with Crippen molar-refractivity contribution in [2.75, 3.05) is 0 Å². The van der Waals surface area contributed by atoms with Crippen LogP contribution in [0.1, 0.15) is 47.0 Å². The van der Waals surface area contributed by atoms with Gasteiger partial charge in [-0.05, 0) is 31.1 Å². The molecule has 66 valence electrons. The predicted molar refractivity (Wildman–Crippen MR) is 52.7 cm³/mol. The fraction of sp³-hybridized carbons (Fsp3) is 0.818. The zero-order valence-electron chi connectivity index (χ0n) is 8.43. The molecular formula is C11H22. The molecular weight excluding hydrogens is 132 g/mol. The Morgan fingerprint density at radius 1 is 1.09 bits per heavy atom. The van der Waals surface area contributed by atoms with Crippen molar-refractivity contribution >= 4 is 0 Å². The topological polar surface area (TPSA) is 0 Å². The average Bonchev–Trinajstić information content (AvgIpc) is 1.97. The second-order valence-electron chi connectivity index (χ2n) is 3.68. The monoisotopic (exact) mass is 154 g/mol. The van der Waals surface area contributed by atoms with Crippen molar-refractivity contribution in [3.63, 3.8) is 0 Å². The van der Waals surface area contributed by atoms with Crippen molar-refractivity contribution in [1.29, 1.82) is 0 Å². The highest BCUT2D eigenvalue weighted by Gasteiger charge is 2.04. The molecule has 0 aromatic carbocycles. The zero-order chi connectivity index (χ0) is 8.69. The van der Waals surface area contributed by atoms with Gasteiger partial charge in [0.25, 0.3) is 0 Å². The summed E-state index contributed by atoms with van der Waals surface area (Å²) in [5, 5.41) is 0. The van der Waals surface area contributed by atoms with E-state index in [4.69, 9.17) is 0 Å². The van der Waals surface area contributed by atoms with Crippen LogP contribution in [0, 0.1) is 11.8 Å². The van der Waals surface area contributed by atoms with Gasteiger partial charge in [-0.1, -0.05) is 39.8 Å². The van der Waals surface area contributed by atoms with Gasteiger partial charge in [0.2, 0.25) is 0 Å². The van der Waals surface area contributed by atoms with E-state index in [0.717, 1.165) is 11.8 Å². The minimum absolute atomic E-state index is 0.838. The maximum absolute atomic E-state index is 2.34. The molecule has 0 heteroatoms. The Morgan fingerprint density at radius 2 is 1.73 bits per heavy atom. The first-order chi connectivity index (χ1) is 5.18. The van der Waals surface area contributed by atoms with E-state index >= 15 is 0 Å². The van der Waals surface area contributed by atoms with Crippen LogP contribution >= 0.6 is 0 Å². The third-order valence-corrected chi connectivity index (χ3v) is 2.33. The highest BCUT2D eigenvalue weighted by atomic mass is 14.1. The van der Waals surface area contributed by atoms with Crippen LogP contribution in [0.15, 0.2) is 12.2 Å². The second-order valence-corrected chi connectivity index (χ2v) is 3.68. The SMILES string of the molecule is CCC=CCCC(C)C(C)C. The van der Waals surface area contributed by atoms with Gasteiger partial charge in [0.05, 0.1) is 0 Å². The van der Waals surface area contributed by atoms with E-state index in [2.05, 4.69) is 39.8 Å². The molecule has 0 aliphatic heterocycles. The first-order valence-corrected chi connectivity index (χ1v) is 4.83. The molecule has 0 N–H and O–H groups in total. The number of hydrogen-bond acceptors (Lipinski definition) is 0. The predicted octanol–water partition coefficient (Wildman–Crippen LogP) is 4.02. The molecule has 0 fully saturated rings. The Balaban J connectivity index is 3.31. The highest BCUT2D eigenvalue weighted by molar-refractivity contribution is 4.80. The summed E-state index contributed by atoms with van der Waals surface area (Å²) in [4.78, 5) is 0. The third kappa shape index (κ3) is 6.15. The lowest BCUT2D eigenvalue weighted by Crippen LogP contribution is -2.02. The molecule has 0 nitrogen and oxygen atoms in total. The average molecular weight is 154 g/mol. The molecule has 0 amide bonds. The minimum atomic E-state index is 0.838. The molecule has 0 spiro atoms. The quantitative estimate of drug-likeness (QED) is 0.524. The molecule has 1 atom stereocenters. The summed E-state index contributed by atoms with van der Waals surface area (Å²) in [6.45, 7) is 9.12. The third-order valence-electron chi connectivity index (χ3n) is 2.33. The summed E-state index contributed by atoms with van der Waals surface area (Å²) >= 11 is 0. The summed E-state index contributed by atoms with van der Waals surface area (Å²) in [5.41, 5.74) is 0. The first-order valence-electron chi connectivity index (χ1n) is 4.83. The molecule has 11 heavy (non-hydrogen) atoms. The summed E-state index contributed by atoms with van der Waals surface area (Å²) < 4.78 is 0. The van der Waals surface area contributed by atoms with Crippen LogP contribution in [0.2, 0.25) is 0 Å². The lowest BCUT2D eigenvalue weighted by molar-refractivity contribution is 0.395. The van der Waals surface area contributed by atoms with E-state index in [1.165, 1.54) is 19.3 Å². The summed E-state index contributed by atoms with van der Waals surface area (Å²) in [5.74, 6) is 1.71. The van der Waals surface area contributed by atoms with Crippen molar-refractivity contribution in [2.45, 2.75) is 47.0 Å². The molecule has 0 heterocycles. The van der Waals surface area contributed by atoms with E-state index in [9.17, 15) is 0 Å². The molecule has 0 aromatic heterocycles. The zero-order valence-corrected chi connectivity index (χ0v) is 8.43. The van der Waals surface area contributed by atoms with Crippen LogP contribution in [-0.4, -0.2) is 0 Å². The maximum atomic E-state index is 2.34. The van der Waals surface area contributed by atoms with Gasteiger partial charge in [-0.25, -0.2) is 0 Å². The van der Waals surface area contributed by atoms with Crippen LogP contribution in [-0.2, 0) is 0 Å². The van der Waals surface area contributed by atoms with Gasteiger partial charge >= 0.3 is 0 Å². The van der Waals surface area contributed by atoms with Gasteiger partial charge in [0.15, 0.2) is 0 Å². The van der Waals surface area contributed by atoms with Crippen LogP contribution in [0.25, 0.3) is 0 Å². The van der Waals surface area contributed by atoms with Crippen molar-refractivity contribution in [2.24, 2.45) is 11.8 Å². The second kappa shape index (κ2) is 6.45. The number of hydrogen-bond donors (Lipinski definition) is 0. The Labute approximate surface area is 71.7 Å². The molecule has 1 unspecified atom stereocenters. The fourth-order valence-corrected chi connectivity index (χ4v) is 0.977. The highest BCUT2D eigenvalue weighted by Crippen LogP contribution is 2.15. The van der Waals surface area contributed by atoms with Gasteiger partial charge in [-0.2, -0.15) is 0 Å². The summed E-state index contributed by atoms with van der Waals surface area (Å²) in [6.07, 6.45) is 8.34. The van der Waals surface area contributed by atoms with Crippen LogP contribution in [0.5, 0.6) is 0 Å². The van der Waals surface area contributed by atoms with Crippen molar-refractivity contribution in [1.82, 2.24) is 0 Å². The smallest absolute Gasteiger partial charge is 0.0348 e. The maximum Gasteiger partial charge on any atom is -0.0348 e. The fourth-order valence-electron chi connectivity index (χ4n) is 0.977. The molecule has 0 saturated carbocycles. The molecule has 0 saturated heterocycles. The van der Waals surface area contributed by atoms with Crippen LogP contribution < -0.4 is 0 Å². The number of rotatable bonds is 5. The van der Waals surface area contributed by atoms with Crippen molar-refractivity contribution in [3.05, 3.63) is 12.2 Å². The molecule has 0 aromatic rings. The molecule has 0 aliphatic rings. The van der Waals surface area contributed by atoms with Gasteiger partial charge in [0, 0.05) is 0 Å². The van der Waals surface area contributed by atoms with E-state index in [0.29, 0.717) is 0 Å². The molecule has 0 bridgehead atoms. The first kappa shape index (κ1) is 10.7. The van der Waals surface area contributed by atoms with Gasteiger partial charge in [0.1, 0.15) is 0 Å². The lowest BCUT2D eigenvalue weighted by atomic mass is 9.93. The van der Waals surface area contributed by atoms with E-state index in [-0.39, 0.29) is 0 Å². The largest absolute Gasteiger partial charge is 0.0888 e. The number of allylic oxidation sites excluding steroid dienone is 2. The minimum Gasteiger partial charge on any atom is -0.0888 e. The molecule has 0 aliphatic carbocycles. The van der Waals surface area contributed by atoms with Crippen molar-refractivity contribution in [3.8, 4) is 0 Å². The van der Waals surface area contributed by atoms with Gasteiger partial charge in [-0.3, -0.25) is 0 Å². The van der Waals surface area contributed by atoms with E-state index < -0.39 is 0 Å². The Morgan fingerprint density at radius 3 is 2.18 bits per heavy atom. The summed E-state index contributed by atoms with van der Waals surface area (Å²) in [6, 6.07) is 0. The normalized spacial score (nSPS) is 14.6. The van der Waals surface area contributed by atoms with E-state index in [1.807, 2.05) is 0 Å². The summed E-state index contributed by atoms with van der Waals surface area (Å²) in [7, 11) is 0. The van der Waals surface area contributed by atoms with Gasteiger partial charge < -0.3 is 0 Å². The van der Waals surface area contributed by atoms with E-state index in [1.54, 1.807) is 0 Å². The molecule has 0 radical (unpaired) electrons. The Kier molecular flexibility index (Phi) is 6.30. The van der Waals surface area contributed by atoms with Crippen LogP contribution in [0.4, 0.5) is 0 Å². The van der Waals surface area contributed by atoms with Gasteiger partial charge in [-0.15, -0.1) is 0 Å². The molecule has 0 rings (SSSR count). The Bertz CT molecular complexity index is 101. The van der Waals surface area contributed by atoms with Crippen LogP contribution in [0.3, 0.4) is 0 Å². The standard InChI is InChI=1S/C11H22/c1-5-6-7-8-9-11(4)10(2)3/h6-7,10-11H,5,8-9H2,1-4H3. The van der Waals surface area contributed by atoms with Crippen molar-refractivity contribution < 1.29 is 0 Å².